The molecule has 0 aromatic heterocycles. The lowest BCUT2D eigenvalue weighted by molar-refractivity contribution is -0.130. The van der Waals surface area contributed by atoms with Crippen molar-refractivity contribution in [2.45, 2.75) is 45.9 Å². The Kier molecular flexibility index (Phi) is 7.77. The summed E-state index contributed by atoms with van der Waals surface area (Å²) in [5.41, 5.74) is 1.26. The maximum Gasteiger partial charge on any atom is 0.250 e. The van der Waals surface area contributed by atoms with Crippen LogP contribution >= 0.6 is 0 Å². The van der Waals surface area contributed by atoms with Gasteiger partial charge >= 0.3 is 0 Å². The number of nitrogens with zero attached hydrogens (tertiary/aromatic N) is 1. The van der Waals surface area contributed by atoms with Crippen LogP contribution in [0, 0.1) is 5.92 Å². The zero-order valence-electron chi connectivity index (χ0n) is 16.8. The average Bonchev–Trinajstić information content (AvgIpc) is 2.54. The molecule has 1 fully saturated rings. The number of anilines is 2. The van der Waals surface area contributed by atoms with Crippen molar-refractivity contribution in [3.8, 4) is 0 Å². The van der Waals surface area contributed by atoms with Crippen molar-refractivity contribution in [2.24, 2.45) is 5.92 Å². The monoisotopic (exact) mass is 377 g/mol. The normalized spacial score (nSPS) is 21.7. The smallest absolute Gasteiger partial charge is 0.250 e. The molecule has 2 rings (SSSR count). The van der Waals surface area contributed by atoms with Gasteiger partial charge in [-0.25, -0.2) is 0 Å². The molecule has 1 heterocycles. The van der Waals surface area contributed by atoms with Crippen LogP contribution in [0.4, 0.5) is 11.4 Å². The standard InChI is InChI=1S/C20H31N3O4/c1-13(2)19(23-10-14(3)27-15(4)11-23)20(25)22-17-8-6-7-16(9-17)21-18(24)12-26-5/h6-9,13-15,19H,10-12H2,1-5H3,(H,21,24)(H,22,25)/t14-,15+,19-/m1/s1. The molecule has 27 heavy (non-hydrogen) atoms. The van der Waals surface area contributed by atoms with E-state index in [-0.39, 0.29) is 42.6 Å². The van der Waals surface area contributed by atoms with Crippen molar-refractivity contribution in [3.05, 3.63) is 24.3 Å². The van der Waals surface area contributed by atoms with Crippen LogP contribution in [0.2, 0.25) is 0 Å². The lowest BCUT2D eigenvalue weighted by atomic mass is 9.99. The highest BCUT2D eigenvalue weighted by molar-refractivity contribution is 5.96. The van der Waals surface area contributed by atoms with E-state index >= 15 is 0 Å². The lowest BCUT2D eigenvalue weighted by Gasteiger charge is -2.41. The van der Waals surface area contributed by atoms with Gasteiger partial charge in [-0.15, -0.1) is 0 Å². The van der Waals surface area contributed by atoms with Gasteiger partial charge in [0, 0.05) is 31.6 Å². The molecule has 1 aliphatic heterocycles. The molecule has 1 aromatic rings. The van der Waals surface area contributed by atoms with E-state index in [0.29, 0.717) is 11.4 Å². The molecule has 0 unspecified atom stereocenters. The zero-order valence-corrected chi connectivity index (χ0v) is 16.8. The molecule has 1 saturated heterocycles. The van der Waals surface area contributed by atoms with Gasteiger partial charge in [0.15, 0.2) is 0 Å². The van der Waals surface area contributed by atoms with Crippen LogP contribution in [0.25, 0.3) is 0 Å². The van der Waals surface area contributed by atoms with Crippen LogP contribution in [0.1, 0.15) is 27.7 Å². The number of hydrogen-bond donors (Lipinski definition) is 2. The molecule has 0 saturated carbocycles. The number of amides is 2. The van der Waals surface area contributed by atoms with Crippen LogP contribution < -0.4 is 10.6 Å². The zero-order chi connectivity index (χ0) is 20.0. The van der Waals surface area contributed by atoms with Gasteiger partial charge in [-0.3, -0.25) is 14.5 Å². The number of benzene rings is 1. The summed E-state index contributed by atoms with van der Waals surface area (Å²) in [7, 11) is 1.47. The summed E-state index contributed by atoms with van der Waals surface area (Å²) in [4.78, 5) is 26.9. The molecule has 0 spiro atoms. The van der Waals surface area contributed by atoms with Gasteiger partial charge in [0.25, 0.3) is 0 Å². The average molecular weight is 377 g/mol. The van der Waals surface area contributed by atoms with Crippen molar-refractivity contribution >= 4 is 23.2 Å². The number of rotatable bonds is 7. The second-order valence-corrected chi connectivity index (χ2v) is 7.45. The quantitative estimate of drug-likeness (QED) is 0.762. The molecule has 1 aromatic carbocycles. The predicted octanol–water partition coefficient (Wildman–Crippen LogP) is 2.34. The minimum Gasteiger partial charge on any atom is -0.375 e. The number of carbonyl (C=O) groups is 2. The number of ether oxygens (including phenoxy) is 2. The fourth-order valence-electron chi connectivity index (χ4n) is 3.55. The van der Waals surface area contributed by atoms with Crippen molar-refractivity contribution in [1.82, 2.24) is 4.90 Å². The van der Waals surface area contributed by atoms with Crippen molar-refractivity contribution in [2.75, 3.05) is 37.4 Å². The van der Waals surface area contributed by atoms with E-state index in [2.05, 4.69) is 29.4 Å². The molecular formula is C20H31N3O4. The van der Waals surface area contributed by atoms with Gasteiger partial charge in [-0.05, 0) is 38.0 Å². The molecule has 7 heteroatoms. The summed E-state index contributed by atoms with van der Waals surface area (Å²) in [6.07, 6.45) is 0.198. The molecule has 2 amide bonds. The van der Waals surface area contributed by atoms with Gasteiger partial charge in [-0.2, -0.15) is 0 Å². The minimum absolute atomic E-state index is 0.0145. The highest BCUT2D eigenvalue weighted by atomic mass is 16.5. The molecular weight excluding hydrogens is 346 g/mol. The van der Waals surface area contributed by atoms with Crippen molar-refractivity contribution in [3.63, 3.8) is 0 Å². The second kappa shape index (κ2) is 9.82. The Hall–Kier alpha value is -1.96. The van der Waals surface area contributed by atoms with E-state index in [1.54, 1.807) is 18.2 Å². The fraction of sp³-hybridized carbons (Fsp3) is 0.600. The van der Waals surface area contributed by atoms with Gasteiger partial charge < -0.3 is 20.1 Å². The first-order chi connectivity index (χ1) is 12.8. The number of methoxy groups -OCH3 is 1. The van der Waals surface area contributed by atoms with E-state index in [1.165, 1.54) is 7.11 Å². The summed E-state index contributed by atoms with van der Waals surface area (Å²) < 4.78 is 10.6. The summed E-state index contributed by atoms with van der Waals surface area (Å²) in [5.74, 6) is -0.129. The first-order valence-electron chi connectivity index (χ1n) is 9.39. The first kappa shape index (κ1) is 21.3. The highest BCUT2D eigenvalue weighted by Crippen LogP contribution is 2.21. The molecule has 0 bridgehead atoms. The fourth-order valence-corrected chi connectivity index (χ4v) is 3.55. The summed E-state index contributed by atoms with van der Waals surface area (Å²) >= 11 is 0. The Morgan fingerprint density at radius 2 is 1.78 bits per heavy atom. The molecule has 1 aliphatic rings. The molecule has 7 nitrogen and oxygen atoms in total. The first-order valence-corrected chi connectivity index (χ1v) is 9.39. The Bertz CT molecular complexity index is 640. The number of morpholine rings is 1. The largest absolute Gasteiger partial charge is 0.375 e. The topological polar surface area (TPSA) is 79.9 Å². The second-order valence-electron chi connectivity index (χ2n) is 7.45. The SMILES string of the molecule is COCC(=O)Nc1cccc(NC(=O)[C@@H](C(C)C)N2C[C@@H](C)O[C@@H](C)C2)c1. The van der Waals surface area contributed by atoms with E-state index in [1.807, 2.05) is 19.9 Å². The van der Waals surface area contributed by atoms with E-state index in [4.69, 9.17) is 9.47 Å². The maximum atomic E-state index is 13.0. The summed E-state index contributed by atoms with van der Waals surface area (Å²) in [5, 5.41) is 5.73. The van der Waals surface area contributed by atoms with Gasteiger partial charge in [0.2, 0.25) is 11.8 Å². The third kappa shape index (κ3) is 6.30. The summed E-state index contributed by atoms with van der Waals surface area (Å²) in [6, 6.07) is 6.88. The number of hydrogen-bond acceptors (Lipinski definition) is 5. The third-order valence-electron chi connectivity index (χ3n) is 4.43. The van der Waals surface area contributed by atoms with Crippen LogP contribution in [0.15, 0.2) is 24.3 Å². The van der Waals surface area contributed by atoms with E-state index in [9.17, 15) is 9.59 Å². The van der Waals surface area contributed by atoms with E-state index in [0.717, 1.165) is 13.1 Å². The van der Waals surface area contributed by atoms with Crippen molar-refractivity contribution in [1.29, 1.82) is 0 Å². The number of nitrogens with one attached hydrogen (secondary N) is 2. The minimum atomic E-state index is -0.245. The Morgan fingerprint density at radius 1 is 1.19 bits per heavy atom. The Labute approximate surface area is 161 Å². The molecule has 2 N–H and O–H groups in total. The van der Waals surface area contributed by atoms with Gasteiger partial charge in [0.1, 0.15) is 6.61 Å². The highest BCUT2D eigenvalue weighted by Gasteiger charge is 2.34. The molecule has 150 valence electrons. The molecule has 3 atom stereocenters. The Balaban J connectivity index is 2.08. The maximum absolute atomic E-state index is 13.0. The van der Waals surface area contributed by atoms with Crippen LogP contribution in [-0.4, -0.2) is 61.8 Å². The molecule has 0 radical (unpaired) electrons. The molecule has 0 aliphatic carbocycles. The number of carbonyl (C=O) groups excluding carboxylic acids is 2. The van der Waals surface area contributed by atoms with Crippen LogP contribution in [0.3, 0.4) is 0 Å². The lowest BCUT2D eigenvalue weighted by Crippen LogP contribution is -2.55. The van der Waals surface area contributed by atoms with Gasteiger partial charge in [-0.1, -0.05) is 19.9 Å². The Morgan fingerprint density at radius 3 is 2.33 bits per heavy atom. The predicted molar refractivity (Wildman–Crippen MR) is 106 cm³/mol. The van der Waals surface area contributed by atoms with Crippen molar-refractivity contribution < 1.29 is 19.1 Å². The van der Waals surface area contributed by atoms with Crippen LogP contribution in [-0.2, 0) is 19.1 Å². The van der Waals surface area contributed by atoms with Crippen LogP contribution in [0.5, 0.6) is 0 Å². The van der Waals surface area contributed by atoms with Gasteiger partial charge in [0.05, 0.1) is 18.2 Å². The van der Waals surface area contributed by atoms with E-state index < -0.39 is 0 Å². The third-order valence-corrected chi connectivity index (χ3v) is 4.43. The summed E-state index contributed by atoms with van der Waals surface area (Å²) in [6.45, 7) is 9.61.